The molecule has 0 heterocycles. The van der Waals surface area contributed by atoms with Gasteiger partial charge in [-0.1, -0.05) is 190 Å². The van der Waals surface area contributed by atoms with Gasteiger partial charge in [-0.05, 0) is 84.9 Å². The van der Waals surface area contributed by atoms with E-state index >= 15 is 0 Å². The first kappa shape index (κ1) is 44.2. The van der Waals surface area contributed by atoms with Gasteiger partial charge in [-0.25, -0.2) is 0 Å². The van der Waals surface area contributed by atoms with Gasteiger partial charge in [0.05, 0.1) is 0 Å². The lowest BCUT2D eigenvalue weighted by Crippen LogP contribution is -2.38. The minimum Gasteiger partial charge on any atom is -0.507 e. The van der Waals surface area contributed by atoms with Crippen molar-refractivity contribution in [3.63, 3.8) is 0 Å². The van der Waals surface area contributed by atoms with Crippen molar-refractivity contribution in [3.8, 4) is 45.3 Å². The van der Waals surface area contributed by atoms with E-state index in [-0.39, 0.29) is 17.5 Å². The summed E-state index contributed by atoms with van der Waals surface area (Å²) < 4.78 is 13.2. The molecule has 6 heteroatoms. The third-order valence-corrected chi connectivity index (χ3v) is 13.2. The van der Waals surface area contributed by atoms with Crippen LogP contribution in [-0.4, -0.2) is 22.8 Å². The second-order valence-electron chi connectivity index (χ2n) is 17.7. The smallest absolute Gasteiger partial charge is 0.128 e. The molecule has 10 aromatic rings. The third kappa shape index (κ3) is 9.34. The van der Waals surface area contributed by atoms with E-state index in [0.717, 1.165) is 118 Å². The Morgan fingerprint density at radius 3 is 1.32 bits per heavy atom. The van der Waals surface area contributed by atoms with Crippen LogP contribution in [0.3, 0.4) is 0 Å². The van der Waals surface area contributed by atoms with E-state index in [9.17, 15) is 10.2 Å². The molecule has 0 saturated carbocycles. The normalized spacial score (nSPS) is 12.0. The molecule has 0 aliphatic heterocycles. The Morgan fingerprint density at radius 2 is 0.853 bits per heavy atom. The lowest BCUT2D eigenvalue weighted by atomic mass is 9.90. The molecule has 0 fully saturated rings. The van der Waals surface area contributed by atoms with Crippen LogP contribution in [0.5, 0.6) is 23.0 Å². The van der Waals surface area contributed by atoms with Crippen LogP contribution < -0.4 is 20.1 Å². The van der Waals surface area contributed by atoms with E-state index in [0.29, 0.717) is 32.8 Å². The summed E-state index contributed by atoms with van der Waals surface area (Å²) in [7, 11) is 0. The third-order valence-electron chi connectivity index (χ3n) is 13.2. The highest BCUT2D eigenvalue weighted by atomic mass is 16.5. The van der Waals surface area contributed by atoms with Gasteiger partial charge in [0.25, 0.3) is 0 Å². The summed E-state index contributed by atoms with van der Waals surface area (Å²) in [6.45, 7) is 4.60. The maximum absolute atomic E-state index is 12.5. The van der Waals surface area contributed by atoms with Crippen LogP contribution in [0.25, 0.3) is 65.3 Å². The molecule has 10 rings (SSSR count). The molecule has 0 radical (unpaired) electrons. The van der Waals surface area contributed by atoms with Crippen LogP contribution >= 0.6 is 0 Å². The fourth-order valence-corrected chi connectivity index (χ4v) is 9.66. The van der Waals surface area contributed by atoms with Crippen molar-refractivity contribution in [1.29, 1.82) is 0 Å². The molecule has 1 unspecified atom stereocenters. The highest BCUT2D eigenvalue weighted by molar-refractivity contribution is 6.11. The van der Waals surface area contributed by atoms with Gasteiger partial charge in [0.2, 0.25) is 0 Å². The summed E-state index contributed by atoms with van der Waals surface area (Å²) in [5.41, 5.74) is 7.07. The molecule has 338 valence electrons. The number of fused-ring (bicyclic) bond motifs is 4. The minimum atomic E-state index is 0.0877. The van der Waals surface area contributed by atoms with Crippen molar-refractivity contribution in [1.82, 2.24) is 10.6 Å². The minimum absolute atomic E-state index is 0.0877. The van der Waals surface area contributed by atoms with E-state index in [1.807, 2.05) is 91.0 Å². The van der Waals surface area contributed by atoms with Crippen molar-refractivity contribution in [3.05, 3.63) is 216 Å². The topological polar surface area (TPSA) is 83.0 Å². The van der Waals surface area contributed by atoms with Gasteiger partial charge in [0, 0.05) is 59.1 Å². The Balaban J connectivity index is 0.947. The zero-order valence-corrected chi connectivity index (χ0v) is 38.4. The number of phenols is 2. The number of aromatic hydroxyl groups is 2. The second kappa shape index (κ2) is 20.5. The molecule has 1 atom stereocenters. The van der Waals surface area contributed by atoms with Gasteiger partial charge in [-0.2, -0.15) is 0 Å². The number of ether oxygens (including phenoxy) is 2. The molecule has 0 bridgehead atoms. The summed E-state index contributed by atoms with van der Waals surface area (Å²) in [5.74, 6) is 1.93. The lowest BCUT2D eigenvalue weighted by molar-refractivity contribution is 0.307. The highest BCUT2D eigenvalue weighted by Gasteiger charge is 2.23. The molecule has 6 nitrogen and oxygen atoms in total. The van der Waals surface area contributed by atoms with Crippen molar-refractivity contribution in [2.75, 3.05) is 6.54 Å². The van der Waals surface area contributed by atoms with Crippen LogP contribution in [0.1, 0.15) is 48.4 Å². The Bertz CT molecular complexity index is 3350. The van der Waals surface area contributed by atoms with Gasteiger partial charge in [0.1, 0.15) is 36.2 Å². The molecular weight excluding hydrogens is 837 g/mol. The Kier molecular flexibility index (Phi) is 13.3. The maximum Gasteiger partial charge on any atom is 0.128 e. The van der Waals surface area contributed by atoms with Crippen LogP contribution in [-0.2, 0) is 26.3 Å². The SMILES string of the molecule is CCCCC(CNCc1cc2ccccc2c(-c2c(OCc3ccccc3)ccc3ccccc23)c1O)NCc1cc2ccccc2c(-c2c(OCc3ccccc3)ccc3ccccc23)c1O. The fourth-order valence-electron chi connectivity index (χ4n) is 9.66. The summed E-state index contributed by atoms with van der Waals surface area (Å²) >= 11 is 0. The largest absolute Gasteiger partial charge is 0.507 e. The standard InChI is InChI=1S/C62H56N2O4/c1-2-3-26-50(64-38-49-36-47-25-13-17-30-54(47)60(62(49)66)58-52-28-15-11-23-45(52)32-34-56(58)68-41-43-20-8-5-9-21-43)39-63-37-48-35-46-24-12-16-29-53(46)59(61(48)65)57-51-27-14-10-22-44(51)31-33-55(57)67-40-42-18-6-4-7-19-42/h4-25,27-36,50,63-66H,2-3,26,37-41H2,1H3. The predicted octanol–water partition coefficient (Wildman–Crippen LogP) is 14.6. The van der Waals surface area contributed by atoms with Crippen LogP contribution in [0.4, 0.5) is 0 Å². The first-order valence-electron chi connectivity index (χ1n) is 23.8. The number of hydrogen-bond acceptors (Lipinski definition) is 6. The summed E-state index contributed by atoms with van der Waals surface area (Å²) in [5, 5.41) is 40.7. The Morgan fingerprint density at radius 1 is 0.441 bits per heavy atom. The van der Waals surface area contributed by atoms with E-state index < -0.39 is 0 Å². The van der Waals surface area contributed by atoms with Crippen molar-refractivity contribution in [2.24, 2.45) is 0 Å². The van der Waals surface area contributed by atoms with Crippen LogP contribution in [0.2, 0.25) is 0 Å². The molecule has 0 amide bonds. The molecule has 0 aromatic heterocycles. The molecule has 68 heavy (non-hydrogen) atoms. The van der Waals surface area contributed by atoms with Crippen molar-refractivity contribution >= 4 is 43.1 Å². The maximum atomic E-state index is 12.5. The molecule has 0 saturated heterocycles. The molecule has 0 aliphatic rings. The monoisotopic (exact) mass is 892 g/mol. The quantitative estimate of drug-likeness (QED) is 0.0687. The fraction of sp³-hybridized carbons (Fsp3) is 0.161. The van der Waals surface area contributed by atoms with Crippen molar-refractivity contribution < 1.29 is 19.7 Å². The highest BCUT2D eigenvalue weighted by Crippen LogP contribution is 2.48. The van der Waals surface area contributed by atoms with Crippen LogP contribution in [0.15, 0.2) is 194 Å². The molecule has 0 spiro atoms. The summed E-state index contributed by atoms with van der Waals surface area (Å²) in [4.78, 5) is 0. The molecule has 10 aromatic carbocycles. The zero-order valence-electron chi connectivity index (χ0n) is 38.4. The van der Waals surface area contributed by atoms with Gasteiger partial charge >= 0.3 is 0 Å². The number of hydrogen-bond donors (Lipinski definition) is 4. The molecule has 4 N–H and O–H groups in total. The average Bonchev–Trinajstić information content (AvgIpc) is 3.39. The first-order valence-corrected chi connectivity index (χ1v) is 23.8. The zero-order chi connectivity index (χ0) is 46.2. The van der Waals surface area contributed by atoms with Gasteiger partial charge < -0.3 is 30.3 Å². The van der Waals surface area contributed by atoms with Gasteiger partial charge in [-0.15, -0.1) is 0 Å². The van der Waals surface area contributed by atoms with E-state index in [1.54, 1.807) is 0 Å². The molecular formula is C62H56N2O4. The number of unbranched alkanes of at least 4 members (excludes halogenated alkanes) is 1. The van der Waals surface area contributed by atoms with Gasteiger partial charge in [-0.3, -0.25) is 0 Å². The van der Waals surface area contributed by atoms with E-state index in [4.69, 9.17) is 9.47 Å². The van der Waals surface area contributed by atoms with E-state index in [1.165, 1.54) is 0 Å². The van der Waals surface area contributed by atoms with E-state index in [2.05, 4.69) is 121 Å². The second-order valence-corrected chi connectivity index (χ2v) is 17.7. The number of benzene rings is 10. The van der Waals surface area contributed by atoms with Gasteiger partial charge in [0.15, 0.2) is 0 Å². The van der Waals surface area contributed by atoms with Crippen molar-refractivity contribution in [2.45, 2.75) is 58.5 Å². The Hall–Kier alpha value is -7.64. The van der Waals surface area contributed by atoms with Crippen LogP contribution in [0, 0.1) is 0 Å². The summed E-state index contributed by atoms with van der Waals surface area (Å²) in [6.07, 6.45) is 3.05. The summed E-state index contributed by atoms with van der Waals surface area (Å²) in [6, 6.07) is 66.1. The number of phenolic OH excluding ortho intramolecular Hbond substituents is 2. The molecule has 0 aliphatic carbocycles. The lowest BCUT2D eigenvalue weighted by Gasteiger charge is -2.23. The number of rotatable bonds is 18. The Labute approximate surface area is 398 Å². The first-order chi connectivity index (χ1) is 33.5. The average molecular weight is 893 g/mol. The number of nitrogens with one attached hydrogen (secondary N) is 2. The predicted molar refractivity (Wildman–Crippen MR) is 281 cm³/mol.